The molecule has 0 aromatic carbocycles. The number of hydrogen-bond acceptors (Lipinski definition) is 13. The van der Waals surface area contributed by atoms with Crippen LogP contribution in [-0.2, 0) is 19.3 Å². The van der Waals surface area contributed by atoms with E-state index in [1.807, 2.05) is 0 Å². The first-order valence-electron chi connectivity index (χ1n) is 7.13. The van der Waals surface area contributed by atoms with Crippen LogP contribution >= 0.6 is 0 Å². The minimum atomic E-state index is -5.03. The summed E-state index contributed by atoms with van der Waals surface area (Å²) in [5.41, 5.74) is 14.4. The average Bonchev–Trinajstić information content (AvgIpc) is 2.93. The molecule has 0 saturated carbocycles. The van der Waals surface area contributed by atoms with Crippen LogP contribution < -0.4 is 22.5 Å². The number of carbonyl (C=O) groups is 1. The SMILES string of the molecule is NC(=O)OCC1N=C(N)N2CC(OS(=O)(=O)O)C(O)(O)C23NC(N)=NC13. The highest BCUT2D eigenvalue weighted by Gasteiger charge is 2.74. The number of amides is 1. The first kappa shape index (κ1) is 18.4. The molecule has 0 radical (unpaired) electrons. The van der Waals surface area contributed by atoms with E-state index in [2.05, 4.69) is 24.2 Å². The topological polar surface area (TPSA) is 248 Å². The Balaban J connectivity index is 2.04. The first-order valence-corrected chi connectivity index (χ1v) is 8.50. The van der Waals surface area contributed by atoms with Gasteiger partial charge in [-0.15, -0.1) is 0 Å². The maximum atomic E-state index is 11.0. The molecule has 3 heterocycles. The fourth-order valence-electron chi connectivity index (χ4n) is 3.45. The third-order valence-corrected chi connectivity index (χ3v) is 4.86. The lowest BCUT2D eigenvalue weighted by molar-refractivity contribution is -0.252. The van der Waals surface area contributed by atoms with E-state index >= 15 is 0 Å². The van der Waals surface area contributed by atoms with Gasteiger partial charge in [0.05, 0.1) is 6.54 Å². The van der Waals surface area contributed by atoms with Gasteiger partial charge in [0.25, 0.3) is 0 Å². The van der Waals surface area contributed by atoms with E-state index in [-0.39, 0.29) is 11.9 Å². The maximum absolute atomic E-state index is 11.0. The van der Waals surface area contributed by atoms with E-state index in [1.165, 1.54) is 0 Å². The molecule has 15 nitrogen and oxygen atoms in total. The van der Waals surface area contributed by atoms with Gasteiger partial charge in [-0.2, -0.15) is 8.42 Å². The van der Waals surface area contributed by atoms with Crippen LogP contribution in [0, 0.1) is 0 Å². The molecule has 1 fully saturated rings. The predicted molar refractivity (Wildman–Crippen MR) is 82.5 cm³/mol. The highest BCUT2D eigenvalue weighted by Crippen LogP contribution is 2.45. The van der Waals surface area contributed by atoms with Gasteiger partial charge in [0.1, 0.15) is 18.7 Å². The van der Waals surface area contributed by atoms with Crippen LogP contribution in [0.15, 0.2) is 9.98 Å². The van der Waals surface area contributed by atoms with Crippen molar-refractivity contribution in [2.45, 2.75) is 29.6 Å². The van der Waals surface area contributed by atoms with E-state index in [0.29, 0.717) is 0 Å². The number of nitrogens with two attached hydrogens (primary N) is 3. The number of nitrogens with one attached hydrogen (secondary N) is 1. The molecule has 0 aromatic rings. The van der Waals surface area contributed by atoms with Gasteiger partial charge in [0.2, 0.25) is 5.79 Å². The third kappa shape index (κ3) is 2.58. The highest BCUT2D eigenvalue weighted by molar-refractivity contribution is 7.80. The zero-order valence-corrected chi connectivity index (χ0v) is 13.8. The van der Waals surface area contributed by atoms with Crippen LogP contribution in [0.25, 0.3) is 0 Å². The number of ether oxygens (including phenoxy) is 1. The van der Waals surface area contributed by atoms with Gasteiger partial charge in [-0.25, -0.2) is 19.0 Å². The number of primary amides is 1. The minimum Gasteiger partial charge on any atom is -0.447 e. The molecule has 146 valence electrons. The van der Waals surface area contributed by atoms with E-state index < -0.39 is 59.3 Å². The monoisotopic (exact) mass is 395 g/mol. The Kier molecular flexibility index (Phi) is 3.92. The summed E-state index contributed by atoms with van der Waals surface area (Å²) < 4.78 is 40.0. The van der Waals surface area contributed by atoms with Gasteiger partial charge >= 0.3 is 16.5 Å². The predicted octanol–water partition coefficient (Wildman–Crippen LogP) is -5.05. The molecular weight excluding hydrogens is 378 g/mol. The lowest BCUT2D eigenvalue weighted by atomic mass is 9.86. The van der Waals surface area contributed by atoms with Gasteiger partial charge in [0.15, 0.2) is 23.7 Å². The van der Waals surface area contributed by atoms with Crippen molar-refractivity contribution in [2.24, 2.45) is 27.2 Å². The van der Waals surface area contributed by atoms with Crippen LogP contribution in [0.3, 0.4) is 0 Å². The second-order valence-electron chi connectivity index (χ2n) is 5.88. The van der Waals surface area contributed by atoms with Gasteiger partial charge in [0, 0.05) is 0 Å². The first-order chi connectivity index (χ1) is 11.9. The molecule has 0 bridgehead atoms. The number of carbonyl (C=O) groups excluding carboxylic acids is 1. The molecule has 1 spiro atoms. The fourth-order valence-corrected chi connectivity index (χ4v) is 3.94. The number of aliphatic imine (C=N–C) groups is 2. The Morgan fingerprint density at radius 1 is 1.38 bits per heavy atom. The maximum Gasteiger partial charge on any atom is 0.404 e. The van der Waals surface area contributed by atoms with E-state index in [4.69, 9.17) is 21.8 Å². The van der Waals surface area contributed by atoms with E-state index in [0.717, 1.165) is 4.90 Å². The quantitative estimate of drug-likeness (QED) is 0.174. The second kappa shape index (κ2) is 5.55. The molecule has 26 heavy (non-hydrogen) atoms. The zero-order chi connectivity index (χ0) is 19.5. The van der Waals surface area contributed by atoms with Crippen molar-refractivity contribution in [3.05, 3.63) is 0 Å². The van der Waals surface area contributed by atoms with Crippen molar-refractivity contribution in [3.63, 3.8) is 0 Å². The smallest absolute Gasteiger partial charge is 0.404 e. The number of aliphatic hydroxyl groups is 2. The largest absolute Gasteiger partial charge is 0.447 e. The van der Waals surface area contributed by atoms with Gasteiger partial charge in [-0.05, 0) is 0 Å². The molecule has 4 atom stereocenters. The lowest BCUT2D eigenvalue weighted by Crippen LogP contribution is -2.77. The zero-order valence-electron chi connectivity index (χ0n) is 13.0. The molecule has 3 rings (SSSR count). The van der Waals surface area contributed by atoms with Crippen molar-refractivity contribution < 1.29 is 36.9 Å². The lowest BCUT2D eigenvalue weighted by Gasteiger charge is -2.48. The molecular formula is C10H17N7O8S. The number of hydrogen-bond donors (Lipinski definition) is 7. The molecule has 0 aromatic heterocycles. The summed E-state index contributed by atoms with van der Waals surface area (Å²) in [6, 6.07) is -2.19. The molecule has 1 saturated heterocycles. The summed E-state index contributed by atoms with van der Waals surface area (Å²) in [5, 5.41) is 23.9. The summed E-state index contributed by atoms with van der Waals surface area (Å²) in [5.74, 6) is -3.44. The number of nitrogens with zero attached hydrogens (tertiary/aromatic N) is 3. The van der Waals surface area contributed by atoms with Crippen LogP contribution in [0.4, 0.5) is 4.79 Å². The van der Waals surface area contributed by atoms with Gasteiger partial charge in [-0.1, -0.05) is 0 Å². The van der Waals surface area contributed by atoms with E-state index in [1.54, 1.807) is 0 Å². The Morgan fingerprint density at radius 3 is 2.62 bits per heavy atom. The summed E-state index contributed by atoms with van der Waals surface area (Å²) in [4.78, 5) is 20.0. The van der Waals surface area contributed by atoms with Crippen molar-refractivity contribution in [2.75, 3.05) is 13.2 Å². The fraction of sp³-hybridized carbons (Fsp3) is 0.700. The minimum absolute atomic E-state index is 0.228. The summed E-state index contributed by atoms with van der Waals surface area (Å²) in [7, 11) is -5.03. The Hall–Kier alpha value is -2.40. The number of rotatable bonds is 4. The normalized spacial score (nSPS) is 35.0. The van der Waals surface area contributed by atoms with Gasteiger partial charge in [-0.3, -0.25) is 4.55 Å². The van der Waals surface area contributed by atoms with Gasteiger partial charge < -0.3 is 42.4 Å². The highest BCUT2D eigenvalue weighted by atomic mass is 32.3. The summed E-state index contributed by atoms with van der Waals surface area (Å²) in [6.07, 6.45) is -2.96. The molecule has 4 unspecified atom stereocenters. The van der Waals surface area contributed by atoms with Crippen LogP contribution in [0.1, 0.15) is 0 Å². The molecule has 0 aliphatic carbocycles. The third-order valence-electron chi connectivity index (χ3n) is 4.38. The van der Waals surface area contributed by atoms with Crippen LogP contribution in [-0.4, -0.2) is 88.9 Å². The van der Waals surface area contributed by atoms with Crippen molar-refractivity contribution >= 4 is 28.4 Å². The Labute approximate surface area is 146 Å². The Bertz CT molecular complexity index is 797. The Morgan fingerprint density at radius 2 is 2.04 bits per heavy atom. The second-order valence-corrected chi connectivity index (χ2v) is 6.93. The molecule has 3 aliphatic heterocycles. The van der Waals surface area contributed by atoms with Crippen molar-refractivity contribution in [1.29, 1.82) is 0 Å². The molecule has 3 aliphatic rings. The molecule has 10 N–H and O–H groups in total. The summed E-state index contributed by atoms with van der Waals surface area (Å²) in [6.45, 7) is -0.896. The molecule has 1 amide bonds. The standard InChI is InChI=1S/C10H17N7O8S/c11-6-15-5-3(2-24-8(13)18)14-7(12)17-1-4(25-26(21,22)23)10(19,20)9(5,17)16-6/h3-5,19-20H,1-2H2,(H2,12,14)(H2,13,18)(H3,11,15,16)(H,21,22,23). The van der Waals surface area contributed by atoms with Crippen molar-refractivity contribution in [3.8, 4) is 0 Å². The number of guanidine groups is 2. The van der Waals surface area contributed by atoms with Crippen LogP contribution in [0.5, 0.6) is 0 Å². The van der Waals surface area contributed by atoms with Crippen LogP contribution in [0.2, 0.25) is 0 Å². The summed E-state index contributed by atoms with van der Waals surface area (Å²) >= 11 is 0. The molecule has 16 heteroatoms. The van der Waals surface area contributed by atoms with E-state index in [9.17, 15) is 23.4 Å². The van der Waals surface area contributed by atoms with Crippen molar-refractivity contribution in [1.82, 2.24) is 10.2 Å². The average molecular weight is 395 g/mol.